The third-order valence-electron chi connectivity index (χ3n) is 5.79. The summed E-state index contributed by atoms with van der Waals surface area (Å²) in [6, 6.07) is 10.8. The number of aromatic amines is 1. The Morgan fingerprint density at radius 1 is 1.06 bits per heavy atom. The number of fused-ring (bicyclic) bond motifs is 2. The summed E-state index contributed by atoms with van der Waals surface area (Å²) in [7, 11) is 1.59. The van der Waals surface area contributed by atoms with Gasteiger partial charge in [0.25, 0.3) is 0 Å². The SMILES string of the molecule is COc1cc2c(Oc3ccc4[nH]c(C)cc4c3F)ccnc2cc1OC[C@H]1C[C@H](N)C1. The van der Waals surface area contributed by atoms with Crippen LogP contribution in [-0.2, 0) is 0 Å². The minimum atomic E-state index is -0.405. The standard InChI is InChI=1S/C24H24FN3O3/c1-13-7-17-18(28-13)3-4-21(24(17)25)31-20-5-6-27-19-11-23(22(29-2)10-16(19)20)30-12-14-8-15(26)9-14/h3-7,10-11,14-15,28H,8-9,12,26H2,1-2H3/t14-,15-. The molecule has 0 bridgehead atoms. The van der Waals surface area contributed by atoms with E-state index in [9.17, 15) is 0 Å². The van der Waals surface area contributed by atoms with Crippen LogP contribution in [0, 0.1) is 18.7 Å². The number of benzene rings is 2. The molecule has 2 aromatic heterocycles. The van der Waals surface area contributed by atoms with Gasteiger partial charge in [-0.3, -0.25) is 4.98 Å². The third kappa shape index (κ3) is 3.65. The third-order valence-corrected chi connectivity index (χ3v) is 5.79. The number of H-pyrrole nitrogens is 1. The molecule has 2 heterocycles. The number of ether oxygens (including phenoxy) is 3. The largest absolute Gasteiger partial charge is 0.493 e. The summed E-state index contributed by atoms with van der Waals surface area (Å²) in [5.41, 5.74) is 8.16. The highest BCUT2D eigenvalue weighted by Crippen LogP contribution is 2.39. The molecule has 1 aliphatic rings. The van der Waals surface area contributed by atoms with E-state index in [-0.39, 0.29) is 11.8 Å². The first-order valence-electron chi connectivity index (χ1n) is 10.3. The van der Waals surface area contributed by atoms with E-state index in [0.717, 1.165) is 24.1 Å². The number of rotatable bonds is 6. The zero-order chi connectivity index (χ0) is 21.5. The Labute approximate surface area is 179 Å². The lowest BCUT2D eigenvalue weighted by atomic mass is 9.82. The monoisotopic (exact) mass is 421 g/mol. The summed E-state index contributed by atoms with van der Waals surface area (Å²) < 4.78 is 32.5. The van der Waals surface area contributed by atoms with Crippen molar-refractivity contribution in [1.82, 2.24) is 9.97 Å². The first kappa shape index (κ1) is 19.6. The zero-order valence-electron chi connectivity index (χ0n) is 17.4. The summed E-state index contributed by atoms with van der Waals surface area (Å²) in [5, 5.41) is 1.21. The van der Waals surface area contributed by atoms with Gasteiger partial charge < -0.3 is 24.9 Å². The van der Waals surface area contributed by atoms with Crippen molar-refractivity contribution in [2.24, 2.45) is 11.7 Å². The molecule has 0 atom stereocenters. The number of nitrogens with two attached hydrogens (primary N) is 1. The van der Waals surface area contributed by atoms with Crippen molar-refractivity contribution in [1.29, 1.82) is 0 Å². The van der Waals surface area contributed by atoms with Crippen molar-refractivity contribution in [3.63, 3.8) is 0 Å². The molecule has 160 valence electrons. The molecule has 31 heavy (non-hydrogen) atoms. The number of hydrogen-bond donors (Lipinski definition) is 2. The lowest BCUT2D eigenvalue weighted by Gasteiger charge is -2.32. The molecule has 0 saturated heterocycles. The maximum atomic E-state index is 15.0. The fourth-order valence-corrected chi connectivity index (χ4v) is 4.11. The predicted molar refractivity (Wildman–Crippen MR) is 118 cm³/mol. The summed E-state index contributed by atoms with van der Waals surface area (Å²) in [5.74, 6) is 1.90. The predicted octanol–water partition coefficient (Wildman–Crippen LogP) is 5.08. The lowest BCUT2D eigenvalue weighted by molar-refractivity contribution is 0.156. The minimum Gasteiger partial charge on any atom is -0.493 e. The number of nitrogens with zero attached hydrogens (tertiary/aromatic N) is 1. The number of aromatic nitrogens is 2. The summed E-state index contributed by atoms with van der Waals surface area (Å²) >= 11 is 0. The Balaban J connectivity index is 1.47. The second-order valence-corrected chi connectivity index (χ2v) is 8.13. The topological polar surface area (TPSA) is 82.4 Å². The summed E-state index contributed by atoms with van der Waals surface area (Å²) in [6.07, 6.45) is 3.58. The van der Waals surface area contributed by atoms with Gasteiger partial charge in [0.05, 0.1) is 19.2 Å². The van der Waals surface area contributed by atoms with Crippen molar-refractivity contribution < 1.29 is 18.6 Å². The summed E-state index contributed by atoms with van der Waals surface area (Å²) in [4.78, 5) is 7.56. The maximum Gasteiger partial charge on any atom is 0.175 e. The van der Waals surface area contributed by atoms with Gasteiger partial charge >= 0.3 is 0 Å². The Hall–Kier alpha value is -3.32. The fourth-order valence-electron chi connectivity index (χ4n) is 4.11. The van der Waals surface area contributed by atoms with Crippen LogP contribution in [0.15, 0.2) is 42.6 Å². The average molecular weight is 421 g/mol. The van der Waals surface area contributed by atoms with Gasteiger partial charge in [0.1, 0.15) is 5.75 Å². The normalized spacial score (nSPS) is 18.2. The van der Waals surface area contributed by atoms with Gasteiger partial charge in [0, 0.05) is 40.3 Å². The molecular weight excluding hydrogens is 397 g/mol. The van der Waals surface area contributed by atoms with Crippen molar-refractivity contribution in [2.75, 3.05) is 13.7 Å². The molecule has 1 fully saturated rings. The van der Waals surface area contributed by atoms with Gasteiger partial charge in [-0.05, 0) is 56.0 Å². The molecule has 1 aliphatic carbocycles. The first-order valence-corrected chi connectivity index (χ1v) is 10.3. The molecule has 0 aliphatic heterocycles. The van der Waals surface area contributed by atoms with E-state index >= 15 is 4.39 Å². The molecule has 0 radical (unpaired) electrons. The highest BCUT2D eigenvalue weighted by molar-refractivity contribution is 5.89. The van der Waals surface area contributed by atoms with Crippen LogP contribution < -0.4 is 19.9 Å². The number of pyridine rings is 1. The highest BCUT2D eigenvalue weighted by atomic mass is 19.1. The van der Waals surface area contributed by atoms with Crippen LogP contribution in [0.4, 0.5) is 4.39 Å². The Morgan fingerprint density at radius 2 is 1.90 bits per heavy atom. The number of aryl methyl sites for hydroxylation is 1. The van der Waals surface area contributed by atoms with E-state index in [1.165, 1.54) is 0 Å². The van der Waals surface area contributed by atoms with Crippen LogP contribution in [-0.4, -0.2) is 29.7 Å². The van der Waals surface area contributed by atoms with Crippen molar-refractivity contribution in [3.05, 3.63) is 54.1 Å². The van der Waals surface area contributed by atoms with Crippen molar-refractivity contribution >= 4 is 21.8 Å². The molecule has 4 aromatic rings. The van der Waals surface area contributed by atoms with Crippen molar-refractivity contribution in [2.45, 2.75) is 25.8 Å². The Kier molecular flexibility index (Phi) is 4.90. The molecule has 6 nitrogen and oxygen atoms in total. The van der Waals surface area contributed by atoms with Crippen LogP contribution in [0.3, 0.4) is 0 Å². The van der Waals surface area contributed by atoms with Crippen LogP contribution in [0.2, 0.25) is 0 Å². The molecule has 7 heteroatoms. The van der Waals surface area contributed by atoms with Gasteiger partial charge in [0.15, 0.2) is 23.1 Å². The molecule has 0 amide bonds. The van der Waals surface area contributed by atoms with Gasteiger partial charge in [-0.25, -0.2) is 4.39 Å². The molecular formula is C24H24FN3O3. The number of nitrogens with one attached hydrogen (secondary N) is 1. The quantitative estimate of drug-likeness (QED) is 0.454. The van der Waals surface area contributed by atoms with Gasteiger partial charge in [-0.1, -0.05) is 0 Å². The number of halogens is 1. The Morgan fingerprint density at radius 3 is 2.68 bits per heavy atom. The Bertz CT molecular complexity index is 1260. The van der Waals surface area contributed by atoms with Crippen LogP contribution in [0.1, 0.15) is 18.5 Å². The molecule has 0 unspecified atom stereocenters. The zero-order valence-corrected chi connectivity index (χ0v) is 17.4. The second kappa shape index (κ2) is 7.74. The van der Waals surface area contributed by atoms with Gasteiger partial charge in [-0.15, -0.1) is 0 Å². The fraction of sp³-hybridized carbons (Fsp3) is 0.292. The molecule has 3 N–H and O–H groups in total. The van der Waals surface area contributed by atoms with Gasteiger partial charge in [0.2, 0.25) is 0 Å². The highest BCUT2D eigenvalue weighted by Gasteiger charge is 2.26. The van der Waals surface area contributed by atoms with Gasteiger partial charge in [-0.2, -0.15) is 0 Å². The molecule has 0 spiro atoms. The molecule has 5 rings (SSSR count). The number of methoxy groups -OCH3 is 1. The van der Waals surface area contributed by atoms with E-state index in [1.807, 2.05) is 25.1 Å². The maximum absolute atomic E-state index is 15.0. The first-order chi connectivity index (χ1) is 15.0. The summed E-state index contributed by atoms with van der Waals surface area (Å²) in [6.45, 7) is 2.48. The van der Waals surface area contributed by atoms with Crippen LogP contribution in [0.25, 0.3) is 21.8 Å². The van der Waals surface area contributed by atoms with E-state index in [1.54, 1.807) is 31.5 Å². The lowest BCUT2D eigenvalue weighted by Crippen LogP contribution is -2.39. The van der Waals surface area contributed by atoms with Crippen molar-refractivity contribution in [3.8, 4) is 23.0 Å². The second-order valence-electron chi connectivity index (χ2n) is 8.13. The van der Waals surface area contributed by atoms with E-state index in [4.69, 9.17) is 19.9 Å². The number of hydrogen-bond acceptors (Lipinski definition) is 5. The van der Waals surface area contributed by atoms with Crippen LogP contribution in [0.5, 0.6) is 23.0 Å². The molecule has 2 aromatic carbocycles. The van der Waals surface area contributed by atoms with E-state index in [2.05, 4.69) is 9.97 Å². The minimum absolute atomic E-state index is 0.152. The average Bonchev–Trinajstić information content (AvgIpc) is 3.13. The molecule has 1 saturated carbocycles. The van der Waals surface area contributed by atoms with E-state index in [0.29, 0.717) is 46.1 Å². The van der Waals surface area contributed by atoms with E-state index < -0.39 is 5.82 Å². The van der Waals surface area contributed by atoms with Crippen LogP contribution >= 0.6 is 0 Å². The smallest absolute Gasteiger partial charge is 0.175 e.